The van der Waals surface area contributed by atoms with Gasteiger partial charge in [0.05, 0.1) is 24.8 Å². The molecule has 5 rings (SSSR count). The summed E-state index contributed by atoms with van der Waals surface area (Å²) in [5.41, 5.74) is 3.26. The maximum Gasteiger partial charge on any atom is 0.317 e. The highest BCUT2D eigenvalue weighted by molar-refractivity contribution is 6.24. The summed E-state index contributed by atoms with van der Waals surface area (Å²) < 4.78 is 5.31. The number of carbonyl (C=O) groups is 4. The standard InChI is InChI=1S/C29H36N4O9/c1-4-13-9-15(12-31-28(40)33-5-7-42-8-6-33)16-10-14-11-17-21(32(2)3)24(36)20(27(30)39)26(38)29(17,41)25(37)18(14)23(35)19(16)22(13)34/h9,14,17,21,34-35,38,41H,4-8,10-12H2,1-3H3,(H2,30,39)(H,31,40)/t14?,17?,21?,29-/m0/s1. The van der Waals surface area contributed by atoms with Gasteiger partial charge in [0.1, 0.15) is 22.8 Å². The van der Waals surface area contributed by atoms with E-state index in [4.69, 9.17) is 10.5 Å². The molecule has 7 N–H and O–H groups in total. The molecule has 0 bridgehead atoms. The molecule has 4 atom stereocenters. The van der Waals surface area contributed by atoms with Crippen LogP contribution in [-0.2, 0) is 38.5 Å². The summed E-state index contributed by atoms with van der Waals surface area (Å²) in [5.74, 6) is -6.94. The van der Waals surface area contributed by atoms with Crippen molar-refractivity contribution in [2.75, 3.05) is 40.4 Å². The van der Waals surface area contributed by atoms with Gasteiger partial charge in [-0.25, -0.2) is 4.79 Å². The summed E-state index contributed by atoms with van der Waals surface area (Å²) in [6.45, 7) is 3.68. The molecule has 0 spiro atoms. The molecule has 3 amide bonds. The van der Waals surface area contributed by atoms with Crippen LogP contribution >= 0.6 is 0 Å². The molecule has 1 aliphatic heterocycles. The van der Waals surface area contributed by atoms with Crippen LogP contribution in [0.3, 0.4) is 0 Å². The fourth-order valence-electron chi connectivity index (χ4n) is 6.93. The van der Waals surface area contributed by atoms with Crippen molar-refractivity contribution in [3.05, 3.63) is 45.2 Å². The Balaban J connectivity index is 1.61. The largest absolute Gasteiger partial charge is 0.508 e. The van der Waals surface area contributed by atoms with E-state index in [-0.39, 0.29) is 42.3 Å². The van der Waals surface area contributed by atoms with Gasteiger partial charge in [-0.05, 0) is 56.0 Å². The minimum absolute atomic E-state index is 0.0123. The van der Waals surface area contributed by atoms with Crippen molar-refractivity contribution in [2.24, 2.45) is 17.6 Å². The van der Waals surface area contributed by atoms with E-state index in [2.05, 4.69) is 5.32 Å². The Hall–Kier alpha value is -3.94. The summed E-state index contributed by atoms with van der Waals surface area (Å²) in [5, 5.41) is 48.3. The molecule has 226 valence electrons. The number of rotatable bonds is 5. The number of phenolic OH excluding ortho intramolecular Hbond substituents is 1. The molecule has 42 heavy (non-hydrogen) atoms. The number of morpholine rings is 1. The minimum Gasteiger partial charge on any atom is -0.508 e. The molecule has 2 fully saturated rings. The molecular weight excluding hydrogens is 548 g/mol. The number of hydrogen-bond donors (Lipinski definition) is 6. The quantitative estimate of drug-likeness (QED) is 0.257. The van der Waals surface area contributed by atoms with Gasteiger partial charge in [0.25, 0.3) is 5.91 Å². The average Bonchev–Trinajstić information content (AvgIpc) is 2.94. The number of amides is 3. The van der Waals surface area contributed by atoms with Crippen molar-refractivity contribution >= 4 is 29.3 Å². The van der Waals surface area contributed by atoms with Crippen molar-refractivity contribution in [3.8, 4) is 5.75 Å². The molecule has 0 radical (unpaired) electrons. The maximum absolute atomic E-state index is 14.0. The summed E-state index contributed by atoms with van der Waals surface area (Å²) in [4.78, 5) is 55.3. The van der Waals surface area contributed by atoms with E-state index in [1.807, 2.05) is 0 Å². The summed E-state index contributed by atoms with van der Waals surface area (Å²) in [6.07, 6.45) is 0.518. The number of hydrogen-bond acceptors (Lipinski definition) is 10. The molecule has 1 saturated heterocycles. The van der Waals surface area contributed by atoms with Crippen molar-refractivity contribution in [1.82, 2.24) is 15.1 Å². The molecule has 1 aromatic rings. The van der Waals surface area contributed by atoms with Crippen molar-refractivity contribution in [2.45, 2.75) is 44.4 Å². The number of aromatic hydroxyl groups is 1. The molecule has 3 aliphatic carbocycles. The maximum atomic E-state index is 14.0. The number of Topliss-reactive ketones (excluding diaryl/α,β-unsaturated/α-hetero) is 2. The van der Waals surface area contributed by atoms with Crippen LogP contribution in [0.2, 0.25) is 0 Å². The summed E-state index contributed by atoms with van der Waals surface area (Å²) >= 11 is 0. The number of ketones is 2. The number of benzene rings is 1. The summed E-state index contributed by atoms with van der Waals surface area (Å²) in [6, 6.07) is 0.313. The topological polar surface area (TPSA) is 203 Å². The molecule has 13 nitrogen and oxygen atoms in total. The first kappa shape index (κ1) is 29.5. The Labute approximate surface area is 242 Å². The van der Waals surface area contributed by atoms with Crippen LogP contribution in [0.25, 0.3) is 5.76 Å². The predicted molar refractivity (Wildman–Crippen MR) is 148 cm³/mol. The number of carbonyl (C=O) groups excluding carboxylic acids is 4. The van der Waals surface area contributed by atoms with Gasteiger partial charge >= 0.3 is 6.03 Å². The third-order valence-corrected chi connectivity index (χ3v) is 9.00. The minimum atomic E-state index is -2.70. The van der Waals surface area contributed by atoms with Crippen LogP contribution in [0.15, 0.2) is 23.0 Å². The van der Waals surface area contributed by atoms with Gasteiger partial charge in [-0.3, -0.25) is 19.3 Å². The molecule has 0 aromatic heterocycles. The molecular formula is C29H36N4O9. The van der Waals surface area contributed by atoms with E-state index in [0.717, 1.165) is 0 Å². The zero-order chi connectivity index (χ0) is 30.7. The van der Waals surface area contributed by atoms with Crippen LogP contribution in [0.1, 0.15) is 35.6 Å². The smallest absolute Gasteiger partial charge is 0.317 e. The van der Waals surface area contributed by atoms with Crippen LogP contribution in [0, 0.1) is 11.8 Å². The molecule has 4 aliphatic rings. The number of ether oxygens (including phenoxy) is 1. The zero-order valence-electron chi connectivity index (χ0n) is 23.8. The lowest BCUT2D eigenvalue weighted by molar-refractivity contribution is -0.153. The van der Waals surface area contributed by atoms with Crippen LogP contribution in [0.5, 0.6) is 5.75 Å². The Morgan fingerprint density at radius 3 is 2.43 bits per heavy atom. The molecule has 1 aromatic carbocycles. The number of aliphatic hydroxyl groups excluding tert-OH is 2. The highest BCUT2D eigenvalue weighted by Gasteiger charge is 2.64. The Bertz CT molecular complexity index is 1440. The Morgan fingerprint density at radius 1 is 1.17 bits per heavy atom. The number of urea groups is 1. The summed E-state index contributed by atoms with van der Waals surface area (Å²) in [7, 11) is 3.10. The second-order valence-corrected chi connectivity index (χ2v) is 11.5. The van der Waals surface area contributed by atoms with Gasteiger partial charge in [0.15, 0.2) is 11.4 Å². The van der Waals surface area contributed by atoms with E-state index >= 15 is 0 Å². The third-order valence-electron chi connectivity index (χ3n) is 9.00. The number of aryl methyl sites for hydroxylation is 1. The number of nitrogens with zero attached hydrogens (tertiary/aromatic N) is 2. The normalized spacial score (nSPS) is 27.5. The van der Waals surface area contributed by atoms with E-state index in [1.165, 1.54) is 4.90 Å². The lowest BCUT2D eigenvalue weighted by atomic mass is 9.57. The van der Waals surface area contributed by atoms with Gasteiger partial charge in [0.2, 0.25) is 5.78 Å². The molecule has 1 saturated carbocycles. The van der Waals surface area contributed by atoms with E-state index in [1.54, 1.807) is 32.0 Å². The van der Waals surface area contributed by atoms with E-state index in [9.17, 15) is 39.6 Å². The first-order chi connectivity index (χ1) is 19.8. The first-order valence-corrected chi connectivity index (χ1v) is 14.0. The second kappa shape index (κ2) is 10.7. The average molecular weight is 585 g/mol. The van der Waals surface area contributed by atoms with Crippen molar-refractivity contribution < 1.29 is 44.3 Å². The van der Waals surface area contributed by atoms with Crippen LogP contribution in [0.4, 0.5) is 4.79 Å². The zero-order valence-corrected chi connectivity index (χ0v) is 23.8. The fourth-order valence-corrected chi connectivity index (χ4v) is 6.93. The second-order valence-electron chi connectivity index (χ2n) is 11.5. The number of phenols is 1. The highest BCUT2D eigenvalue weighted by atomic mass is 16.5. The van der Waals surface area contributed by atoms with Gasteiger partial charge in [-0.1, -0.05) is 13.0 Å². The van der Waals surface area contributed by atoms with Gasteiger partial charge in [-0.15, -0.1) is 0 Å². The molecule has 1 heterocycles. The number of fused-ring (bicyclic) bond motifs is 3. The number of aliphatic hydroxyl groups is 3. The third kappa shape index (κ3) is 4.34. The predicted octanol–water partition coefficient (Wildman–Crippen LogP) is 0.0682. The Morgan fingerprint density at radius 2 is 1.83 bits per heavy atom. The first-order valence-electron chi connectivity index (χ1n) is 14.0. The van der Waals surface area contributed by atoms with Gasteiger partial charge in [-0.2, -0.15) is 0 Å². The number of primary amides is 1. The fraction of sp³-hybridized carbons (Fsp3) is 0.517. The SMILES string of the molecule is CCc1cc(CNC(=O)N2CCOCC2)c2c(c1O)C(O)=C1C(=O)[C@]3(O)C(O)=C(C(N)=O)C(=O)C(N(C)C)C3CC1C2. The van der Waals surface area contributed by atoms with Gasteiger partial charge in [0, 0.05) is 31.1 Å². The highest BCUT2D eigenvalue weighted by Crippen LogP contribution is 2.53. The van der Waals surface area contributed by atoms with Crippen molar-refractivity contribution in [3.63, 3.8) is 0 Å². The van der Waals surface area contributed by atoms with Crippen molar-refractivity contribution in [1.29, 1.82) is 0 Å². The Kier molecular flexibility index (Phi) is 7.54. The monoisotopic (exact) mass is 584 g/mol. The van der Waals surface area contributed by atoms with Crippen LogP contribution in [-0.4, -0.2) is 106 Å². The van der Waals surface area contributed by atoms with E-state index in [0.29, 0.717) is 49.4 Å². The van der Waals surface area contributed by atoms with E-state index < -0.39 is 58.0 Å². The van der Waals surface area contributed by atoms with Crippen LogP contribution < -0.4 is 11.1 Å². The molecule has 13 heteroatoms. The van der Waals surface area contributed by atoms with Gasteiger partial charge < -0.3 is 41.1 Å². The number of likely N-dealkylation sites (N-methyl/N-ethyl adjacent to an activating group) is 1. The number of nitrogens with two attached hydrogens (primary N) is 1. The molecule has 3 unspecified atom stereocenters. The lowest BCUT2D eigenvalue weighted by Crippen LogP contribution is -2.65. The lowest BCUT2D eigenvalue weighted by Gasteiger charge is -2.50. The number of nitrogens with one attached hydrogen (secondary N) is 1.